The number of rotatable bonds is 4. The summed E-state index contributed by atoms with van der Waals surface area (Å²) in [5.41, 5.74) is -0.211. The van der Waals surface area contributed by atoms with Gasteiger partial charge in [0.2, 0.25) is 5.95 Å². The molecule has 0 radical (unpaired) electrons. The zero-order valence-corrected chi connectivity index (χ0v) is 13.7. The summed E-state index contributed by atoms with van der Waals surface area (Å²) >= 11 is 5.96. The summed E-state index contributed by atoms with van der Waals surface area (Å²) in [4.78, 5) is 8.16. The molecule has 2 aromatic carbocycles. The summed E-state index contributed by atoms with van der Waals surface area (Å²) < 4.78 is 51.4. The number of hydrogen-bond acceptors (Lipinski definition) is 4. The first-order valence-electron chi connectivity index (χ1n) is 7.31. The van der Waals surface area contributed by atoms with Crippen molar-refractivity contribution in [1.82, 2.24) is 9.97 Å². The second-order valence-electron chi connectivity index (χ2n) is 5.21. The highest BCUT2D eigenvalue weighted by Crippen LogP contribution is 2.34. The Morgan fingerprint density at radius 3 is 2.35 bits per heavy atom. The lowest BCUT2D eigenvalue weighted by molar-refractivity contribution is -0.137. The monoisotopic (exact) mass is 382 g/mol. The molecule has 0 aliphatic carbocycles. The van der Waals surface area contributed by atoms with Crippen LogP contribution >= 0.6 is 11.6 Å². The van der Waals surface area contributed by atoms with Crippen molar-refractivity contribution in [3.05, 3.63) is 71.1 Å². The fourth-order valence-electron chi connectivity index (χ4n) is 2.09. The lowest BCUT2D eigenvalue weighted by Crippen LogP contribution is -2.06. The van der Waals surface area contributed by atoms with E-state index < -0.39 is 11.7 Å². The minimum Gasteiger partial charge on any atom is -0.339 e. The first kappa shape index (κ1) is 17.9. The maximum Gasteiger partial charge on any atom is 0.416 e. The molecule has 0 aliphatic heterocycles. The van der Waals surface area contributed by atoms with Gasteiger partial charge in [0.05, 0.1) is 16.3 Å². The van der Waals surface area contributed by atoms with Crippen molar-refractivity contribution in [3.8, 4) is 0 Å². The normalized spacial score (nSPS) is 11.3. The van der Waals surface area contributed by atoms with Crippen LogP contribution in [0.1, 0.15) is 5.56 Å². The van der Waals surface area contributed by atoms with Gasteiger partial charge in [0, 0.05) is 11.9 Å². The average Bonchev–Trinajstić information content (AvgIpc) is 2.58. The fraction of sp³-hybridized carbons (Fsp3) is 0.0588. The number of benzene rings is 2. The van der Waals surface area contributed by atoms with Crippen molar-refractivity contribution in [2.75, 3.05) is 10.6 Å². The molecule has 26 heavy (non-hydrogen) atoms. The minimum absolute atomic E-state index is 0.0629. The van der Waals surface area contributed by atoms with E-state index in [9.17, 15) is 17.6 Å². The molecule has 1 heterocycles. The van der Waals surface area contributed by atoms with Gasteiger partial charge in [-0.3, -0.25) is 0 Å². The van der Waals surface area contributed by atoms with Gasteiger partial charge in [-0.25, -0.2) is 9.37 Å². The Kier molecular flexibility index (Phi) is 4.94. The van der Waals surface area contributed by atoms with E-state index in [4.69, 9.17) is 11.6 Å². The quantitative estimate of drug-likeness (QED) is 0.562. The van der Waals surface area contributed by atoms with Crippen LogP contribution in [0.2, 0.25) is 5.02 Å². The number of hydrogen-bond donors (Lipinski definition) is 2. The predicted octanol–water partition coefficient (Wildman–Crippen LogP) is 5.78. The predicted molar refractivity (Wildman–Crippen MR) is 91.5 cm³/mol. The smallest absolute Gasteiger partial charge is 0.339 e. The van der Waals surface area contributed by atoms with Crippen LogP contribution in [-0.4, -0.2) is 9.97 Å². The van der Waals surface area contributed by atoms with Crippen molar-refractivity contribution in [2.24, 2.45) is 0 Å². The minimum atomic E-state index is -4.48. The molecule has 1 aromatic heterocycles. The van der Waals surface area contributed by atoms with Crippen LogP contribution in [0, 0.1) is 5.82 Å². The standard InChI is InChI=1S/C17H11ClF4N4/c18-13-6-1-10(17(20,21)22)9-14(13)25-15-7-8-23-16(26-15)24-12-4-2-11(19)3-5-12/h1-9H,(H2,23,24,25,26). The summed E-state index contributed by atoms with van der Waals surface area (Å²) in [5, 5.41) is 5.72. The van der Waals surface area contributed by atoms with Crippen LogP contribution < -0.4 is 10.6 Å². The van der Waals surface area contributed by atoms with Gasteiger partial charge in [-0.1, -0.05) is 11.6 Å². The summed E-state index contributed by atoms with van der Waals surface area (Å²) in [6.45, 7) is 0. The number of halogens is 5. The molecule has 0 saturated heterocycles. The van der Waals surface area contributed by atoms with Gasteiger partial charge >= 0.3 is 6.18 Å². The van der Waals surface area contributed by atoms with Crippen LogP contribution in [0.4, 0.5) is 40.7 Å². The summed E-state index contributed by atoms with van der Waals surface area (Å²) in [6.07, 6.45) is -3.06. The lowest BCUT2D eigenvalue weighted by atomic mass is 10.2. The Morgan fingerprint density at radius 1 is 0.923 bits per heavy atom. The lowest BCUT2D eigenvalue weighted by Gasteiger charge is -2.12. The van der Waals surface area contributed by atoms with E-state index in [0.29, 0.717) is 5.69 Å². The third kappa shape index (κ3) is 4.40. The molecule has 0 saturated carbocycles. The molecule has 0 unspecified atom stereocenters. The molecule has 134 valence electrons. The van der Waals surface area contributed by atoms with Gasteiger partial charge in [-0.2, -0.15) is 18.2 Å². The van der Waals surface area contributed by atoms with Crippen molar-refractivity contribution in [3.63, 3.8) is 0 Å². The van der Waals surface area contributed by atoms with E-state index in [1.165, 1.54) is 36.5 Å². The van der Waals surface area contributed by atoms with Crippen LogP contribution in [0.5, 0.6) is 0 Å². The fourth-order valence-corrected chi connectivity index (χ4v) is 2.25. The Bertz CT molecular complexity index is 913. The highest BCUT2D eigenvalue weighted by atomic mass is 35.5. The molecular formula is C17H11ClF4N4. The van der Waals surface area contributed by atoms with Crippen LogP contribution in [0.3, 0.4) is 0 Å². The first-order valence-corrected chi connectivity index (χ1v) is 7.68. The number of nitrogens with zero attached hydrogens (tertiary/aromatic N) is 2. The molecule has 0 fully saturated rings. The van der Waals surface area contributed by atoms with Gasteiger partial charge < -0.3 is 10.6 Å². The van der Waals surface area contributed by atoms with Gasteiger partial charge in [0.15, 0.2) is 0 Å². The Morgan fingerprint density at radius 2 is 1.65 bits per heavy atom. The van der Waals surface area contributed by atoms with Crippen molar-refractivity contribution < 1.29 is 17.6 Å². The third-order valence-electron chi connectivity index (χ3n) is 3.31. The Hall–Kier alpha value is -2.87. The summed E-state index contributed by atoms with van der Waals surface area (Å²) in [5.74, 6) is 0.0432. The molecule has 4 nitrogen and oxygen atoms in total. The second-order valence-corrected chi connectivity index (χ2v) is 5.62. The number of alkyl halides is 3. The molecule has 0 amide bonds. The Labute approximate surface area is 150 Å². The maximum atomic E-state index is 12.9. The number of aromatic nitrogens is 2. The molecule has 9 heteroatoms. The van der Waals surface area contributed by atoms with Crippen LogP contribution in [0.15, 0.2) is 54.7 Å². The highest BCUT2D eigenvalue weighted by molar-refractivity contribution is 6.33. The van der Waals surface area contributed by atoms with E-state index in [0.717, 1.165) is 18.2 Å². The summed E-state index contributed by atoms with van der Waals surface area (Å²) in [7, 11) is 0. The van der Waals surface area contributed by atoms with E-state index in [1.54, 1.807) is 0 Å². The maximum absolute atomic E-state index is 12.9. The van der Waals surface area contributed by atoms with Crippen LogP contribution in [-0.2, 0) is 6.18 Å². The zero-order chi connectivity index (χ0) is 18.7. The van der Waals surface area contributed by atoms with Crippen molar-refractivity contribution in [2.45, 2.75) is 6.18 Å². The molecule has 3 rings (SSSR count). The van der Waals surface area contributed by atoms with E-state index in [-0.39, 0.29) is 28.3 Å². The molecule has 0 spiro atoms. The molecule has 0 atom stereocenters. The van der Waals surface area contributed by atoms with Gasteiger partial charge in [-0.15, -0.1) is 0 Å². The number of nitrogens with one attached hydrogen (secondary N) is 2. The second kappa shape index (κ2) is 7.17. The third-order valence-corrected chi connectivity index (χ3v) is 3.64. The largest absolute Gasteiger partial charge is 0.416 e. The molecule has 2 N–H and O–H groups in total. The molecule has 0 bridgehead atoms. The highest BCUT2D eigenvalue weighted by Gasteiger charge is 2.31. The molecule has 3 aromatic rings. The van der Waals surface area contributed by atoms with E-state index in [1.807, 2.05) is 0 Å². The van der Waals surface area contributed by atoms with E-state index >= 15 is 0 Å². The summed E-state index contributed by atoms with van der Waals surface area (Å²) in [6, 6.07) is 9.98. The first-order chi connectivity index (χ1) is 12.3. The Balaban J connectivity index is 1.82. The van der Waals surface area contributed by atoms with Crippen molar-refractivity contribution >= 4 is 34.7 Å². The topological polar surface area (TPSA) is 49.8 Å². The van der Waals surface area contributed by atoms with E-state index in [2.05, 4.69) is 20.6 Å². The average molecular weight is 383 g/mol. The van der Waals surface area contributed by atoms with Gasteiger partial charge in [0.1, 0.15) is 11.6 Å². The van der Waals surface area contributed by atoms with Crippen LogP contribution in [0.25, 0.3) is 0 Å². The number of anilines is 4. The van der Waals surface area contributed by atoms with Gasteiger partial charge in [0.25, 0.3) is 0 Å². The van der Waals surface area contributed by atoms with Crippen molar-refractivity contribution in [1.29, 1.82) is 0 Å². The molecule has 0 aliphatic rings. The molecular weight excluding hydrogens is 372 g/mol. The SMILES string of the molecule is Fc1ccc(Nc2nccc(Nc3cc(C(F)(F)F)ccc3Cl)n2)cc1. The zero-order valence-electron chi connectivity index (χ0n) is 13.0. The van der Waals surface area contributed by atoms with Gasteiger partial charge in [-0.05, 0) is 48.5 Å².